The van der Waals surface area contributed by atoms with Gasteiger partial charge in [-0.3, -0.25) is 4.79 Å². The number of hydrogen-bond donors (Lipinski definition) is 1. The zero-order valence-electron chi connectivity index (χ0n) is 14.7. The fourth-order valence-electron chi connectivity index (χ4n) is 2.64. The maximum Gasteiger partial charge on any atom is 0.219 e. The van der Waals surface area contributed by atoms with Crippen LogP contribution in [0.15, 0.2) is 0 Å². The minimum atomic E-state index is 0.258. The van der Waals surface area contributed by atoms with Crippen molar-refractivity contribution < 1.29 is 4.79 Å². The summed E-state index contributed by atoms with van der Waals surface area (Å²) in [6.45, 7) is 5.37. The van der Waals surface area contributed by atoms with Crippen LogP contribution in [-0.2, 0) is 4.79 Å². The molecule has 1 amide bonds. The number of nitrogens with one attached hydrogen (secondary N) is 1. The highest BCUT2D eigenvalue weighted by atomic mass is 16.1. The molecule has 0 saturated heterocycles. The standard InChI is InChI=1S/C19H39NO/c1-3-5-7-9-11-12-14-16-18-20-19(21)17-15-13-10-8-6-4-2/h3-18H2,1-2H3,(H,20,21). The van der Waals surface area contributed by atoms with Crippen LogP contribution in [0.2, 0.25) is 0 Å². The first kappa shape index (κ1) is 20.5. The first-order chi connectivity index (χ1) is 10.3. The SMILES string of the molecule is CCCCCCCCCCNC(=O)CCCCCCCC. The lowest BCUT2D eigenvalue weighted by Crippen LogP contribution is -2.23. The van der Waals surface area contributed by atoms with Crippen LogP contribution in [0.5, 0.6) is 0 Å². The minimum absolute atomic E-state index is 0.258. The predicted octanol–water partition coefficient (Wildman–Crippen LogP) is 5.99. The van der Waals surface area contributed by atoms with Crippen LogP contribution in [0.3, 0.4) is 0 Å². The smallest absolute Gasteiger partial charge is 0.219 e. The van der Waals surface area contributed by atoms with Gasteiger partial charge in [0.2, 0.25) is 5.91 Å². The van der Waals surface area contributed by atoms with Gasteiger partial charge in [-0.1, -0.05) is 90.9 Å². The second-order valence-electron chi connectivity index (χ2n) is 6.34. The lowest BCUT2D eigenvalue weighted by atomic mass is 10.1. The molecule has 2 nitrogen and oxygen atoms in total. The Morgan fingerprint density at radius 3 is 1.57 bits per heavy atom. The van der Waals surface area contributed by atoms with Crippen LogP contribution >= 0.6 is 0 Å². The van der Waals surface area contributed by atoms with Crippen LogP contribution in [0.4, 0.5) is 0 Å². The average molecular weight is 298 g/mol. The normalized spacial score (nSPS) is 10.8. The van der Waals surface area contributed by atoms with Crippen molar-refractivity contribution >= 4 is 5.91 Å². The van der Waals surface area contributed by atoms with E-state index in [0.717, 1.165) is 25.8 Å². The van der Waals surface area contributed by atoms with E-state index >= 15 is 0 Å². The van der Waals surface area contributed by atoms with Crippen molar-refractivity contribution in [1.29, 1.82) is 0 Å². The molecule has 0 saturated carbocycles. The first-order valence-electron chi connectivity index (χ1n) is 9.58. The van der Waals surface area contributed by atoms with E-state index in [2.05, 4.69) is 19.2 Å². The summed E-state index contributed by atoms with van der Waals surface area (Å²) in [6.07, 6.45) is 18.9. The van der Waals surface area contributed by atoms with Crippen LogP contribution in [-0.4, -0.2) is 12.5 Å². The zero-order chi connectivity index (χ0) is 15.6. The molecule has 0 atom stereocenters. The second-order valence-corrected chi connectivity index (χ2v) is 6.34. The molecule has 0 aliphatic rings. The number of hydrogen-bond acceptors (Lipinski definition) is 1. The lowest BCUT2D eigenvalue weighted by molar-refractivity contribution is -0.121. The molecule has 0 bridgehead atoms. The average Bonchev–Trinajstić information content (AvgIpc) is 2.49. The monoisotopic (exact) mass is 297 g/mol. The molecule has 0 rings (SSSR count). The van der Waals surface area contributed by atoms with Crippen molar-refractivity contribution in [3.63, 3.8) is 0 Å². The molecule has 0 fully saturated rings. The van der Waals surface area contributed by atoms with Crippen molar-refractivity contribution in [2.75, 3.05) is 6.54 Å². The highest BCUT2D eigenvalue weighted by Gasteiger charge is 2.00. The molecule has 1 N–H and O–H groups in total. The van der Waals surface area contributed by atoms with E-state index in [-0.39, 0.29) is 5.91 Å². The molecule has 126 valence electrons. The van der Waals surface area contributed by atoms with Gasteiger partial charge in [0.25, 0.3) is 0 Å². The Labute approximate surface area is 133 Å². The Kier molecular flexibility index (Phi) is 17.1. The summed E-state index contributed by atoms with van der Waals surface area (Å²) in [5, 5.41) is 3.06. The van der Waals surface area contributed by atoms with Gasteiger partial charge in [-0.15, -0.1) is 0 Å². The molecule has 0 heterocycles. The van der Waals surface area contributed by atoms with E-state index in [1.165, 1.54) is 77.0 Å². The number of carbonyl (C=O) groups is 1. The van der Waals surface area contributed by atoms with E-state index in [9.17, 15) is 4.79 Å². The minimum Gasteiger partial charge on any atom is -0.356 e. The second kappa shape index (κ2) is 17.5. The number of amides is 1. The third-order valence-electron chi connectivity index (χ3n) is 4.11. The van der Waals surface area contributed by atoms with Crippen molar-refractivity contribution in [1.82, 2.24) is 5.32 Å². The summed E-state index contributed by atoms with van der Waals surface area (Å²) in [4.78, 5) is 11.6. The highest BCUT2D eigenvalue weighted by Crippen LogP contribution is 2.08. The van der Waals surface area contributed by atoms with Gasteiger partial charge < -0.3 is 5.32 Å². The van der Waals surface area contributed by atoms with Crippen LogP contribution in [0.25, 0.3) is 0 Å². The van der Waals surface area contributed by atoms with E-state index in [1.54, 1.807) is 0 Å². The van der Waals surface area contributed by atoms with Crippen LogP contribution in [0.1, 0.15) is 110 Å². The molecular formula is C19H39NO. The third-order valence-corrected chi connectivity index (χ3v) is 4.11. The molecule has 0 aliphatic heterocycles. The van der Waals surface area contributed by atoms with E-state index in [4.69, 9.17) is 0 Å². The molecule has 0 aromatic carbocycles. The summed E-state index contributed by atoms with van der Waals surface area (Å²) >= 11 is 0. The molecule has 0 aromatic heterocycles. The number of unbranched alkanes of at least 4 members (excludes halogenated alkanes) is 12. The summed E-state index contributed by atoms with van der Waals surface area (Å²) < 4.78 is 0. The molecule has 0 aliphatic carbocycles. The van der Waals surface area contributed by atoms with E-state index < -0.39 is 0 Å². The van der Waals surface area contributed by atoms with Crippen molar-refractivity contribution in [3.8, 4) is 0 Å². The maximum absolute atomic E-state index is 11.6. The molecule has 21 heavy (non-hydrogen) atoms. The molecule has 0 radical (unpaired) electrons. The molecule has 2 heteroatoms. The zero-order valence-corrected chi connectivity index (χ0v) is 14.7. The molecule has 0 spiro atoms. The van der Waals surface area contributed by atoms with Crippen molar-refractivity contribution in [2.24, 2.45) is 0 Å². The Balaban J connectivity index is 3.12. The summed E-state index contributed by atoms with van der Waals surface area (Å²) in [7, 11) is 0. The fourth-order valence-corrected chi connectivity index (χ4v) is 2.64. The summed E-state index contributed by atoms with van der Waals surface area (Å²) in [5.41, 5.74) is 0. The van der Waals surface area contributed by atoms with Crippen LogP contribution in [0, 0.1) is 0 Å². The first-order valence-corrected chi connectivity index (χ1v) is 9.58. The summed E-state index contributed by atoms with van der Waals surface area (Å²) in [6, 6.07) is 0. The quantitative estimate of drug-likeness (QED) is 0.348. The van der Waals surface area contributed by atoms with Gasteiger partial charge in [-0.2, -0.15) is 0 Å². The number of rotatable bonds is 16. The van der Waals surface area contributed by atoms with E-state index in [1.807, 2.05) is 0 Å². The topological polar surface area (TPSA) is 29.1 Å². The Hall–Kier alpha value is -0.530. The van der Waals surface area contributed by atoms with Gasteiger partial charge in [0.1, 0.15) is 0 Å². The Morgan fingerprint density at radius 1 is 0.619 bits per heavy atom. The third kappa shape index (κ3) is 17.4. The Morgan fingerprint density at radius 2 is 1.05 bits per heavy atom. The van der Waals surface area contributed by atoms with Gasteiger partial charge >= 0.3 is 0 Å². The largest absolute Gasteiger partial charge is 0.356 e. The van der Waals surface area contributed by atoms with Gasteiger partial charge in [0.15, 0.2) is 0 Å². The molecular weight excluding hydrogens is 258 g/mol. The van der Waals surface area contributed by atoms with Gasteiger partial charge in [0, 0.05) is 13.0 Å². The summed E-state index contributed by atoms with van der Waals surface area (Å²) in [5.74, 6) is 0.258. The Bertz CT molecular complexity index is 216. The molecule has 0 aromatic rings. The molecule has 0 unspecified atom stereocenters. The maximum atomic E-state index is 11.6. The van der Waals surface area contributed by atoms with Gasteiger partial charge in [0.05, 0.1) is 0 Å². The number of carbonyl (C=O) groups excluding carboxylic acids is 1. The van der Waals surface area contributed by atoms with Crippen molar-refractivity contribution in [2.45, 2.75) is 110 Å². The lowest BCUT2D eigenvalue weighted by Gasteiger charge is -2.05. The van der Waals surface area contributed by atoms with Gasteiger partial charge in [-0.05, 0) is 12.8 Å². The fraction of sp³-hybridized carbons (Fsp3) is 0.947. The predicted molar refractivity (Wildman–Crippen MR) is 93.6 cm³/mol. The highest BCUT2D eigenvalue weighted by molar-refractivity contribution is 5.75. The van der Waals surface area contributed by atoms with Gasteiger partial charge in [-0.25, -0.2) is 0 Å². The van der Waals surface area contributed by atoms with Crippen LogP contribution < -0.4 is 5.32 Å². The van der Waals surface area contributed by atoms with Crippen molar-refractivity contribution in [3.05, 3.63) is 0 Å². The van der Waals surface area contributed by atoms with E-state index in [0.29, 0.717) is 0 Å².